The van der Waals surface area contributed by atoms with Crippen LogP contribution in [-0.4, -0.2) is 48.0 Å². The van der Waals surface area contributed by atoms with E-state index in [-0.39, 0.29) is 19.0 Å². The molecule has 3 nitrogen and oxygen atoms in total. The molecule has 25 heavy (non-hydrogen) atoms. The molecule has 154 valence electrons. The van der Waals surface area contributed by atoms with E-state index < -0.39 is 6.10 Å². The number of nitrogens with zero attached hydrogens (tertiary/aromatic N) is 1. The van der Waals surface area contributed by atoms with Crippen LogP contribution in [0.15, 0.2) is 0 Å². The number of aliphatic hydroxyl groups is 2. The van der Waals surface area contributed by atoms with Gasteiger partial charge in [0.2, 0.25) is 0 Å². The zero-order chi connectivity index (χ0) is 18.0. The molecule has 0 rings (SSSR count). The molecule has 0 saturated carbocycles. The third-order valence-corrected chi connectivity index (χ3v) is 5.13. The van der Waals surface area contributed by atoms with Gasteiger partial charge in [0.15, 0.2) is 0 Å². The Hall–Kier alpha value is 0.170. The molecule has 2 N–H and O–H groups in total. The van der Waals surface area contributed by atoms with E-state index in [1.165, 1.54) is 83.5 Å². The Morgan fingerprint density at radius 3 is 1.48 bits per heavy atom. The Balaban J connectivity index is 0. The van der Waals surface area contributed by atoms with E-state index >= 15 is 0 Å². The van der Waals surface area contributed by atoms with Crippen LogP contribution in [-0.2, 0) is 0 Å². The van der Waals surface area contributed by atoms with Gasteiger partial charge in [-0.15, -0.1) is 12.4 Å². The lowest BCUT2D eigenvalue weighted by Gasteiger charge is -2.26. The van der Waals surface area contributed by atoms with Crippen molar-refractivity contribution in [3.05, 3.63) is 0 Å². The van der Waals surface area contributed by atoms with E-state index in [9.17, 15) is 5.11 Å². The highest BCUT2D eigenvalue weighted by Gasteiger charge is 2.15. The lowest BCUT2D eigenvalue weighted by molar-refractivity contribution is 0.0634. The number of aliphatic hydroxyl groups excluding tert-OH is 2. The summed E-state index contributed by atoms with van der Waals surface area (Å²) >= 11 is 0. The molecule has 0 aromatic heterocycles. The predicted octanol–water partition coefficient (Wildman–Crippen LogP) is 5.56. The summed E-state index contributed by atoms with van der Waals surface area (Å²) in [5.74, 6) is 0. The van der Waals surface area contributed by atoms with Crippen LogP contribution in [0, 0.1) is 0 Å². The maximum atomic E-state index is 9.60. The third kappa shape index (κ3) is 18.8. The van der Waals surface area contributed by atoms with E-state index in [0.29, 0.717) is 12.5 Å². The molecular weight excluding hydrogens is 334 g/mol. The lowest BCUT2D eigenvalue weighted by atomic mass is 10.00. The van der Waals surface area contributed by atoms with E-state index in [2.05, 4.69) is 25.9 Å². The second-order valence-corrected chi connectivity index (χ2v) is 7.72. The Kier molecular flexibility index (Phi) is 22.4. The van der Waals surface area contributed by atoms with Crippen LogP contribution in [0.3, 0.4) is 0 Å². The summed E-state index contributed by atoms with van der Waals surface area (Å²) in [4.78, 5) is 2.18. The van der Waals surface area contributed by atoms with Gasteiger partial charge in [-0.2, -0.15) is 0 Å². The molecule has 0 bridgehead atoms. The Morgan fingerprint density at radius 2 is 1.12 bits per heavy atom. The minimum atomic E-state index is -0.570. The van der Waals surface area contributed by atoms with Crippen molar-refractivity contribution in [1.29, 1.82) is 0 Å². The SMILES string of the molecule is CCCCCCCCCCCCCCCC(CC(O)CO)N(C)C.Cl. The largest absolute Gasteiger partial charge is 0.394 e. The van der Waals surface area contributed by atoms with Crippen LogP contribution < -0.4 is 0 Å². The number of halogens is 1. The van der Waals surface area contributed by atoms with Gasteiger partial charge in [-0.05, 0) is 26.9 Å². The van der Waals surface area contributed by atoms with Crippen LogP contribution in [0.4, 0.5) is 0 Å². The number of unbranched alkanes of at least 4 members (excludes halogenated alkanes) is 12. The minimum absolute atomic E-state index is 0. The highest BCUT2D eigenvalue weighted by molar-refractivity contribution is 5.85. The summed E-state index contributed by atoms with van der Waals surface area (Å²) in [5, 5.41) is 18.6. The van der Waals surface area contributed by atoms with E-state index in [1.54, 1.807) is 0 Å². The van der Waals surface area contributed by atoms with Gasteiger partial charge in [0, 0.05) is 6.04 Å². The molecule has 0 fully saturated rings. The second-order valence-electron chi connectivity index (χ2n) is 7.72. The first-order valence-corrected chi connectivity index (χ1v) is 10.6. The third-order valence-electron chi connectivity index (χ3n) is 5.13. The lowest BCUT2D eigenvalue weighted by Crippen LogP contribution is -2.33. The quantitative estimate of drug-likeness (QED) is 0.306. The molecule has 0 aliphatic heterocycles. The Bertz CT molecular complexity index is 252. The molecule has 2 unspecified atom stereocenters. The van der Waals surface area contributed by atoms with Gasteiger partial charge in [0.1, 0.15) is 0 Å². The summed E-state index contributed by atoms with van der Waals surface area (Å²) < 4.78 is 0. The molecule has 0 spiro atoms. The molecule has 0 aromatic carbocycles. The number of hydrogen-bond acceptors (Lipinski definition) is 3. The number of hydrogen-bond donors (Lipinski definition) is 2. The molecule has 0 heterocycles. The molecule has 4 heteroatoms. The zero-order valence-electron chi connectivity index (χ0n) is 17.2. The summed E-state index contributed by atoms with van der Waals surface area (Å²) in [6.07, 6.45) is 19.2. The first kappa shape index (κ1) is 27.4. The summed E-state index contributed by atoms with van der Waals surface area (Å²) in [6.45, 7) is 2.15. The molecule has 0 aliphatic rings. The van der Waals surface area contributed by atoms with Crippen LogP contribution in [0.5, 0.6) is 0 Å². The molecular formula is C21H46ClNO2. The van der Waals surface area contributed by atoms with Gasteiger partial charge < -0.3 is 15.1 Å². The maximum absolute atomic E-state index is 9.60. The van der Waals surface area contributed by atoms with E-state index in [1.807, 2.05) is 0 Å². The zero-order valence-corrected chi connectivity index (χ0v) is 18.0. The first-order valence-electron chi connectivity index (χ1n) is 10.6. The normalized spacial score (nSPS) is 13.7. The van der Waals surface area contributed by atoms with Gasteiger partial charge in [0.05, 0.1) is 12.7 Å². The monoisotopic (exact) mass is 379 g/mol. The maximum Gasteiger partial charge on any atom is 0.0785 e. The van der Waals surface area contributed by atoms with Crippen molar-refractivity contribution in [3.8, 4) is 0 Å². The van der Waals surface area contributed by atoms with Crippen molar-refractivity contribution < 1.29 is 10.2 Å². The summed E-state index contributed by atoms with van der Waals surface area (Å²) in [6, 6.07) is 0.389. The van der Waals surface area contributed by atoms with Crippen molar-refractivity contribution in [3.63, 3.8) is 0 Å². The molecule has 0 radical (unpaired) electrons. The van der Waals surface area contributed by atoms with Gasteiger partial charge in [0.25, 0.3) is 0 Å². The van der Waals surface area contributed by atoms with Crippen molar-refractivity contribution in [2.45, 2.75) is 115 Å². The first-order chi connectivity index (χ1) is 11.6. The van der Waals surface area contributed by atoms with E-state index in [0.717, 1.165) is 6.42 Å². The summed E-state index contributed by atoms with van der Waals surface area (Å²) in [5.41, 5.74) is 0. The van der Waals surface area contributed by atoms with Crippen LogP contribution >= 0.6 is 12.4 Å². The fourth-order valence-electron chi connectivity index (χ4n) is 3.37. The fourth-order valence-corrected chi connectivity index (χ4v) is 3.37. The fraction of sp³-hybridized carbons (Fsp3) is 1.00. The van der Waals surface area contributed by atoms with Crippen LogP contribution in [0.2, 0.25) is 0 Å². The molecule has 0 aromatic rings. The van der Waals surface area contributed by atoms with Crippen LogP contribution in [0.25, 0.3) is 0 Å². The topological polar surface area (TPSA) is 43.7 Å². The van der Waals surface area contributed by atoms with Crippen molar-refractivity contribution in [2.75, 3.05) is 20.7 Å². The van der Waals surface area contributed by atoms with Crippen LogP contribution in [0.1, 0.15) is 103 Å². The van der Waals surface area contributed by atoms with E-state index in [4.69, 9.17) is 5.11 Å². The standard InChI is InChI=1S/C21H45NO2.ClH/c1-4-5-6-7-8-9-10-11-12-13-14-15-16-17-20(22(2)3)18-21(24)19-23;/h20-21,23-24H,4-19H2,1-3H3;1H. The molecule has 2 atom stereocenters. The Morgan fingerprint density at radius 1 is 0.720 bits per heavy atom. The van der Waals surface area contributed by atoms with Gasteiger partial charge in [-0.25, -0.2) is 0 Å². The Labute approximate surface area is 164 Å². The molecule has 0 aliphatic carbocycles. The summed E-state index contributed by atoms with van der Waals surface area (Å²) in [7, 11) is 4.13. The average Bonchev–Trinajstić information content (AvgIpc) is 2.57. The number of rotatable bonds is 18. The van der Waals surface area contributed by atoms with Crippen molar-refractivity contribution in [1.82, 2.24) is 4.90 Å². The van der Waals surface area contributed by atoms with Gasteiger partial charge >= 0.3 is 0 Å². The predicted molar refractivity (Wildman–Crippen MR) is 113 cm³/mol. The molecule has 0 saturated heterocycles. The van der Waals surface area contributed by atoms with Crippen molar-refractivity contribution in [2.24, 2.45) is 0 Å². The average molecular weight is 380 g/mol. The van der Waals surface area contributed by atoms with Gasteiger partial charge in [-0.3, -0.25) is 0 Å². The smallest absolute Gasteiger partial charge is 0.0785 e. The molecule has 0 amide bonds. The van der Waals surface area contributed by atoms with Crippen molar-refractivity contribution >= 4 is 12.4 Å². The van der Waals surface area contributed by atoms with Gasteiger partial charge in [-0.1, -0.05) is 90.4 Å². The minimum Gasteiger partial charge on any atom is -0.394 e. The highest BCUT2D eigenvalue weighted by atomic mass is 35.5. The second kappa shape index (κ2) is 20.5. The highest BCUT2D eigenvalue weighted by Crippen LogP contribution is 2.16.